The number of aliphatic hydroxyl groups excluding tert-OH is 1. The zero-order valence-electron chi connectivity index (χ0n) is 15.2. The number of Topliss-reactive ketones (excluding diaryl/α,β-unsaturated/α-hetero) is 1. The summed E-state index contributed by atoms with van der Waals surface area (Å²) in [6, 6.07) is 13.3. The van der Waals surface area contributed by atoms with E-state index in [1.54, 1.807) is 7.11 Å². The fraction of sp³-hybridized carbons (Fsp3) is 0.318. The number of rotatable bonds is 2. The quantitative estimate of drug-likeness (QED) is 0.815. The Morgan fingerprint density at radius 2 is 1.81 bits per heavy atom. The molecule has 2 aliphatic rings. The van der Waals surface area contributed by atoms with Crippen LogP contribution in [0.4, 0.5) is 0 Å². The first-order valence-electron chi connectivity index (χ1n) is 8.79. The average Bonchev–Trinajstić information content (AvgIpc) is 2.59. The number of carbonyl (C=O) groups excluding carboxylic acids is 1. The predicted octanol–water partition coefficient (Wildman–Crippen LogP) is 5.13. The van der Waals surface area contributed by atoms with Crippen LogP contribution in [0.3, 0.4) is 0 Å². The molecule has 1 atom stereocenters. The highest BCUT2D eigenvalue weighted by Gasteiger charge is 2.40. The van der Waals surface area contributed by atoms with E-state index in [4.69, 9.17) is 9.47 Å². The third-order valence-electron chi connectivity index (χ3n) is 5.16. The minimum absolute atomic E-state index is 0.00535. The van der Waals surface area contributed by atoms with Crippen molar-refractivity contribution in [1.82, 2.24) is 0 Å². The van der Waals surface area contributed by atoms with Crippen LogP contribution in [0.5, 0.6) is 17.2 Å². The molecule has 1 N–H and O–H groups in total. The lowest BCUT2D eigenvalue weighted by Gasteiger charge is -2.35. The van der Waals surface area contributed by atoms with Gasteiger partial charge in [-0.05, 0) is 29.7 Å². The van der Waals surface area contributed by atoms with Gasteiger partial charge in [0.25, 0.3) is 0 Å². The minimum Gasteiger partial charge on any atom is -0.512 e. The van der Waals surface area contributed by atoms with Crippen molar-refractivity contribution < 1.29 is 19.4 Å². The van der Waals surface area contributed by atoms with Crippen molar-refractivity contribution >= 4 is 5.78 Å². The lowest BCUT2D eigenvalue weighted by molar-refractivity contribution is -0.118. The van der Waals surface area contributed by atoms with Crippen molar-refractivity contribution in [2.75, 3.05) is 7.11 Å². The molecule has 0 saturated heterocycles. The van der Waals surface area contributed by atoms with Crippen molar-refractivity contribution in [3.8, 4) is 17.2 Å². The van der Waals surface area contributed by atoms with Crippen LogP contribution < -0.4 is 9.47 Å². The molecule has 134 valence electrons. The van der Waals surface area contributed by atoms with Gasteiger partial charge in [0, 0.05) is 35.5 Å². The number of allylic oxidation sites excluding steroid dienone is 2. The molecule has 0 amide bonds. The van der Waals surface area contributed by atoms with Crippen molar-refractivity contribution in [2.24, 2.45) is 5.41 Å². The number of fused-ring (bicyclic) bond motifs is 2. The molecule has 0 spiro atoms. The van der Waals surface area contributed by atoms with Gasteiger partial charge in [0.1, 0.15) is 23.0 Å². The van der Waals surface area contributed by atoms with Crippen molar-refractivity contribution in [2.45, 2.75) is 32.6 Å². The Hall–Kier alpha value is -2.75. The molecule has 0 unspecified atom stereocenters. The Morgan fingerprint density at radius 1 is 1.08 bits per heavy atom. The summed E-state index contributed by atoms with van der Waals surface area (Å²) in [5, 5.41) is 10.8. The minimum atomic E-state index is -0.353. The van der Waals surface area contributed by atoms with E-state index in [2.05, 4.69) is 0 Å². The van der Waals surface area contributed by atoms with Crippen molar-refractivity contribution in [3.05, 3.63) is 64.9 Å². The van der Waals surface area contributed by atoms with Gasteiger partial charge in [0.15, 0.2) is 5.78 Å². The van der Waals surface area contributed by atoms with Gasteiger partial charge in [-0.15, -0.1) is 0 Å². The molecule has 2 aromatic carbocycles. The monoisotopic (exact) mass is 350 g/mol. The number of para-hydroxylation sites is 1. The van der Waals surface area contributed by atoms with Gasteiger partial charge in [-0.1, -0.05) is 32.0 Å². The van der Waals surface area contributed by atoms with Crippen LogP contribution >= 0.6 is 0 Å². The number of methoxy groups -OCH3 is 1. The number of carbonyl (C=O) groups is 1. The molecular weight excluding hydrogens is 328 g/mol. The number of ether oxygens (including phenoxy) is 2. The summed E-state index contributed by atoms with van der Waals surface area (Å²) in [5.41, 5.74) is 1.99. The Bertz CT molecular complexity index is 923. The summed E-state index contributed by atoms with van der Waals surface area (Å²) in [7, 11) is 1.61. The molecule has 1 heterocycles. The normalized spacial score (nSPS) is 20.9. The summed E-state index contributed by atoms with van der Waals surface area (Å²) in [6.45, 7) is 4.01. The Kier molecular flexibility index (Phi) is 3.79. The highest BCUT2D eigenvalue weighted by Crippen LogP contribution is 2.51. The van der Waals surface area contributed by atoms with E-state index in [0.29, 0.717) is 35.7 Å². The smallest absolute Gasteiger partial charge is 0.163 e. The van der Waals surface area contributed by atoms with Gasteiger partial charge >= 0.3 is 0 Å². The van der Waals surface area contributed by atoms with E-state index in [1.807, 2.05) is 56.3 Å². The molecule has 0 fully saturated rings. The number of hydrogen-bond acceptors (Lipinski definition) is 4. The van der Waals surface area contributed by atoms with E-state index >= 15 is 0 Å². The van der Waals surface area contributed by atoms with Crippen molar-refractivity contribution in [1.29, 1.82) is 0 Å². The molecule has 0 bridgehead atoms. The molecule has 4 rings (SSSR count). The molecule has 1 aliphatic carbocycles. The molecule has 0 aromatic heterocycles. The zero-order chi connectivity index (χ0) is 18.5. The molecular formula is C22H22O4. The first-order valence-corrected chi connectivity index (χ1v) is 8.79. The van der Waals surface area contributed by atoms with E-state index in [1.165, 1.54) is 0 Å². The first kappa shape index (κ1) is 16.7. The fourth-order valence-electron chi connectivity index (χ4n) is 4.01. The molecule has 0 saturated carbocycles. The topological polar surface area (TPSA) is 55.8 Å². The predicted molar refractivity (Wildman–Crippen MR) is 99.0 cm³/mol. The van der Waals surface area contributed by atoms with Gasteiger partial charge < -0.3 is 14.6 Å². The van der Waals surface area contributed by atoms with Crippen LogP contribution in [0, 0.1) is 5.41 Å². The van der Waals surface area contributed by atoms with Crippen LogP contribution in [0.2, 0.25) is 0 Å². The van der Waals surface area contributed by atoms with Crippen LogP contribution in [0.15, 0.2) is 53.8 Å². The van der Waals surface area contributed by atoms with Crippen LogP contribution in [0.1, 0.15) is 43.7 Å². The Labute approximate surface area is 153 Å². The van der Waals surface area contributed by atoms with E-state index in [-0.39, 0.29) is 22.9 Å². The van der Waals surface area contributed by atoms with E-state index in [9.17, 15) is 9.90 Å². The molecule has 4 heteroatoms. The number of aliphatic hydroxyl groups is 1. The van der Waals surface area contributed by atoms with E-state index < -0.39 is 0 Å². The molecule has 0 radical (unpaired) electrons. The maximum atomic E-state index is 13.0. The summed E-state index contributed by atoms with van der Waals surface area (Å²) in [6.07, 6.45) is 0.915. The van der Waals surface area contributed by atoms with Crippen LogP contribution in [0.25, 0.3) is 0 Å². The van der Waals surface area contributed by atoms with Crippen LogP contribution in [-0.2, 0) is 4.79 Å². The third-order valence-corrected chi connectivity index (χ3v) is 5.16. The largest absolute Gasteiger partial charge is 0.512 e. The number of benzene rings is 2. The molecule has 26 heavy (non-hydrogen) atoms. The average molecular weight is 350 g/mol. The van der Waals surface area contributed by atoms with Gasteiger partial charge in [-0.2, -0.15) is 0 Å². The lowest BCUT2D eigenvalue weighted by Crippen LogP contribution is -2.29. The highest BCUT2D eigenvalue weighted by molar-refractivity contribution is 5.99. The first-order chi connectivity index (χ1) is 12.4. The maximum absolute atomic E-state index is 13.0. The number of ketones is 1. The standard InChI is InChI=1S/C22H22O4/c1-22(2)11-16(23)21(17(24)12-22)20-14-6-4-5-7-18(14)26-19-9-8-13(25-3)10-15(19)20/h4-10,20,23H,11-12H2,1-3H3/t20-/m1/s1. The van der Waals surface area contributed by atoms with Crippen molar-refractivity contribution in [3.63, 3.8) is 0 Å². The second-order valence-corrected chi connectivity index (χ2v) is 7.78. The van der Waals surface area contributed by atoms with Gasteiger partial charge in [-0.3, -0.25) is 4.79 Å². The van der Waals surface area contributed by atoms with Gasteiger partial charge in [0.05, 0.1) is 7.11 Å². The van der Waals surface area contributed by atoms with Gasteiger partial charge in [-0.25, -0.2) is 0 Å². The SMILES string of the molecule is COc1ccc2c(c1)[C@H](C1=C(O)CC(C)(C)CC1=O)c1ccccc1O2. The summed E-state index contributed by atoms with van der Waals surface area (Å²) in [5.74, 6) is 1.92. The number of hydrogen-bond donors (Lipinski definition) is 1. The maximum Gasteiger partial charge on any atom is 0.163 e. The fourth-order valence-corrected chi connectivity index (χ4v) is 4.01. The molecule has 4 nitrogen and oxygen atoms in total. The summed E-state index contributed by atoms with van der Waals surface area (Å²) in [4.78, 5) is 13.0. The second kappa shape index (κ2) is 5.90. The van der Waals surface area contributed by atoms with Gasteiger partial charge in [0.2, 0.25) is 0 Å². The van der Waals surface area contributed by atoms with E-state index in [0.717, 1.165) is 11.1 Å². The highest BCUT2D eigenvalue weighted by atomic mass is 16.5. The lowest BCUT2D eigenvalue weighted by atomic mass is 9.70. The molecule has 2 aromatic rings. The Balaban J connectivity index is 1.95. The summed E-state index contributed by atoms with van der Waals surface area (Å²) >= 11 is 0. The summed E-state index contributed by atoms with van der Waals surface area (Å²) < 4.78 is 11.4. The Morgan fingerprint density at radius 3 is 2.54 bits per heavy atom. The van der Waals surface area contributed by atoms with Crippen LogP contribution in [-0.4, -0.2) is 18.0 Å². The third kappa shape index (κ3) is 2.66. The molecule has 1 aliphatic heterocycles. The zero-order valence-corrected chi connectivity index (χ0v) is 15.2. The second-order valence-electron chi connectivity index (χ2n) is 7.78.